The zero-order valence-electron chi connectivity index (χ0n) is 11.2. The number of methoxy groups -OCH3 is 1. The maximum atomic E-state index is 13.5. The van der Waals surface area contributed by atoms with Crippen LogP contribution in [0.3, 0.4) is 0 Å². The quantitative estimate of drug-likeness (QED) is 0.902. The Morgan fingerprint density at radius 2 is 2.26 bits per heavy atom. The standard InChI is InChI=1S/C14H19ClFNO2/c1-3-12(9-4-5-17-8-9)19-14-7-11(16)10(15)6-13(14)18-2/h6-7,9,12,17H,3-5,8H2,1-2H3/t9?,12-/m0/s1. The molecule has 1 N–H and O–H groups in total. The van der Waals surface area contributed by atoms with Crippen molar-refractivity contribution in [3.63, 3.8) is 0 Å². The highest BCUT2D eigenvalue weighted by Crippen LogP contribution is 2.34. The summed E-state index contributed by atoms with van der Waals surface area (Å²) in [7, 11) is 1.52. The van der Waals surface area contributed by atoms with E-state index in [1.165, 1.54) is 19.2 Å². The third-order valence-corrected chi connectivity index (χ3v) is 3.80. The van der Waals surface area contributed by atoms with E-state index in [0.717, 1.165) is 25.9 Å². The first-order valence-corrected chi connectivity index (χ1v) is 6.94. The van der Waals surface area contributed by atoms with Gasteiger partial charge in [0.25, 0.3) is 0 Å². The number of halogens is 2. The fourth-order valence-electron chi connectivity index (χ4n) is 2.43. The zero-order chi connectivity index (χ0) is 13.8. The first kappa shape index (κ1) is 14.4. The molecule has 0 saturated carbocycles. The molecule has 1 fully saturated rings. The largest absolute Gasteiger partial charge is 0.493 e. The summed E-state index contributed by atoms with van der Waals surface area (Å²) in [6.45, 7) is 4.02. The van der Waals surface area contributed by atoms with Gasteiger partial charge in [0, 0.05) is 24.6 Å². The molecule has 5 heteroatoms. The number of hydrogen-bond acceptors (Lipinski definition) is 3. The van der Waals surface area contributed by atoms with Gasteiger partial charge in [-0.05, 0) is 19.4 Å². The SMILES string of the molecule is CC[C@H](Oc1cc(F)c(Cl)cc1OC)C1CCNC1. The minimum absolute atomic E-state index is 0.0415. The Balaban J connectivity index is 2.18. The predicted octanol–water partition coefficient (Wildman–Crippen LogP) is 3.25. The summed E-state index contributed by atoms with van der Waals surface area (Å²) >= 11 is 5.74. The number of nitrogens with one attached hydrogen (secondary N) is 1. The second-order valence-electron chi connectivity index (χ2n) is 4.73. The zero-order valence-corrected chi connectivity index (χ0v) is 12.0. The minimum atomic E-state index is -0.489. The summed E-state index contributed by atoms with van der Waals surface area (Å²) in [5.74, 6) is 0.851. The Morgan fingerprint density at radius 1 is 1.47 bits per heavy atom. The molecular weight excluding hydrogens is 269 g/mol. The second kappa shape index (κ2) is 6.44. The summed E-state index contributed by atoms with van der Waals surface area (Å²) in [6.07, 6.45) is 2.01. The minimum Gasteiger partial charge on any atom is -0.493 e. The molecule has 0 radical (unpaired) electrons. The lowest BCUT2D eigenvalue weighted by atomic mass is 9.99. The molecule has 1 aromatic carbocycles. The van der Waals surface area contributed by atoms with Crippen molar-refractivity contribution in [3.8, 4) is 11.5 Å². The van der Waals surface area contributed by atoms with Crippen LogP contribution in [0.2, 0.25) is 5.02 Å². The van der Waals surface area contributed by atoms with E-state index in [-0.39, 0.29) is 11.1 Å². The normalized spacial score (nSPS) is 20.3. The van der Waals surface area contributed by atoms with Gasteiger partial charge >= 0.3 is 0 Å². The van der Waals surface area contributed by atoms with Gasteiger partial charge in [0.15, 0.2) is 11.5 Å². The van der Waals surface area contributed by atoms with Crippen LogP contribution in [0.15, 0.2) is 12.1 Å². The molecule has 1 aliphatic rings. The van der Waals surface area contributed by atoms with Crippen molar-refractivity contribution in [2.45, 2.75) is 25.9 Å². The van der Waals surface area contributed by atoms with Crippen molar-refractivity contribution in [1.29, 1.82) is 0 Å². The summed E-state index contributed by atoms with van der Waals surface area (Å²) in [5.41, 5.74) is 0. The maximum Gasteiger partial charge on any atom is 0.164 e. The molecule has 2 rings (SSSR count). The van der Waals surface area contributed by atoms with Crippen LogP contribution in [0.4, 0.5) is 4.39 Å². The Hall–Kier alpha value is -1.00. The lowest BCUT2D eigenvalue weighted by molar-refractivity contribution is 0.133. The van der Waals surface area contributed by atoms with Crippen molar-refractivity contribution in [2.24, 2.45) is 5.92 Å². The highest BCUT2D eigenvalue weighted by atomic mass is 35.5. The number of hydrogen-bond donors (Lipinski definition) is 1. The first-order valence-electron chi connectivity index (χ1n) is 6.56. The third kappa shape index (κ3) is 3.31. The van der Waals surface area contributed by atoms with Gasteiger partial charge in [-0.25, -0.2) is 4.39 Å². The highest BCUT2D eigenvalue weighted by Gasteiger charge is 2.26. The summed E-state index contributed by atoms with van der Waals surface area (Å²) in [6, 6.07) is 2.75. The molecule has 0 spiro atoms. The molecule has 1 aliphatic heterocycles. The van der Waals surface area contributed by atoms with Crippen molar-refractivity contribution in [3.05, 3.63) is 23.0 Å². The fraction of sp³-hybridized carbons (Fsp3) is 0.571. The molecule has 19 heavy (non-hydrogen) atoms. The maximum absolute atomic E-state index is 13.5. The molecule has 0 aliphatic carbocycles. The molecule has 1 aromatic rings. The van der Waals surface area contributed by atoms with Gasteiger partial charge in [0.1, 0.15) is 11.9 Å². The van der Waals surface area contributed by atoms with Crippen LogP contribution in [-0.4, -0.2) is 26.3 Å². The van der Waals surface area contributed by atoms with Gasteiger partial charge in [-0.3, -0.25) is 0 Å². The van der Waals surface area contributed by atoms with Crippen LogP contribution in [0.25, 0.3) is 0 Å². The van der Waals surface area contributed by atoms with Crippen LogP contribution >= 0.6 is 11.6 Å². The van der Waals surface area contributed by atoms with Gasteiger partial charge < -0.3 is 14.8 Å². The number of rotatable bonds is 5. The van der Waals surface area contributed by atoms with Crippen LogP contribution in [-0.2, 0) is 0 Å². The lowest BCUT2D eigenvalue weighted by Gasteiger charge is -2.24. The Bertz CT molecular complexity index is 436. The van der Waals surface area contributed by atoms with E-state index >= 15 is 0 Å². The molecule has 0 amide bonds. The fourth-order valence-corrected chi connectivity index (χ4v) is 2.59. The van der Waals surface area contributed by atoms with E-state index in [2.05, 4.69) is 12.2 Å². The van der Waals surface area contributed by atoms with Crippen molar-refractivity contribution in [2.75, 3.05) is 20.2 Å². The van der Waals surface area contributed by atoms with Gasteiger partial charge in [-0.2, -0.15) is 0 Å². The van der Waals surface area contributed by atoms with E-state index in [9.17, 15) is 4.39 Å². The molecule has 0 aromatic heterocycles. The number of benzene rings is 1. The van der Waals surface area contributed by atoms with Gasteiger partial charge in [0.2, 0.25) is 0 Å². The highest BCUT2D eigenvalue weighted by molar-refractivity contribution is 6.30. The van der Waals surface area contributed by atoms with Crippen molar-refractivity contribution >= 4 is 11.6 Å². The average molecular weight is 288 g/mol. The predicted molar refractivity (Wildman–Crippen MR) is 73.6 cm³/mol. The molecule has 3 nitrogen and oxygen atoms in total. The third-order valence-electron chi connectivity index (χ3n) is 3.51. The van der Waals surface area contributed by atoms with Crippen molar-refractivity contribution < 1.29 is 13.9 Å². The van der Waals surface area contributed by atoms with Crippen molar-refractivity contribution in [1.82, 2.24) is 5.32 Å². The van der Waals surface area contributed by atoms with E-state index in [1.54, 1.807) is 0 Å². The summed E-state index contributed by atoms with van der Waals surface area (Å²) in [5, 5.41) is 3.36. The van der Waals surface area contributed by atoms with Crippen LogP contribution < -0.4 is 14.8 Å². The first-order chi connectivity index (χ1) is 9.15. The smallest absolute Gasteiger partial charge is 0.164 e. The molecule has 1 saturated heterocycles. The lowest BCUT2D eigenvalue weighted by Crippen LogP contribution is -2.28. The number of ether oxygens (including phenoxy) is 2. The summed E-state index contributed by atoms with van der Waals surface area (Å²) < 4.78 is 24.7. The van der Waals surface area contributed by atoms with Crippen LogP contribution in [0.1, 0.15) is 19.8 Å². The van der Waals surface area contributed by atoms with Gasteiger partial charge in [0.05, 0.1) is 12.1 Å². The van der Waals surface area contributed by atoms with Crippen LogP contribution in [0, 0.1) is 11.7 Å². The van der Waals surface area contributed by atoms with Crippen LogP contribution in [0.5, 0.6) is 11.5 Å². The van der Waals surface area contributed by atoms with E-state index < -0.39 is 5.82 Å². The molecule has 2 atom stereocenters. The Morgan fingerprint density at radius 3 is 2.84 bits per heavy atom. The van der Waals surface area contributed by atoms with E-state index in [0.29, 0.717) is 17.4 Å². The second-order valence-corrected chi connectivity index (χ2v) is 5.14. The molecule has 0 bridgehead atoms. The Kier molecular flexibility index (Phi) is 4.88. The molecule has 1 heterocycles. The molecule has 1 unspecified atom stereocenters. The van der Waals surface area contributed by atoms with Gasteiger partial charge in [-0.1, -0.05) is 18.5 Å². The van der Waals surface area contributed by atoms with E-state index in [4.69, 9.17) is 21.1 Å². The Labute approximate surface area is 118 Å². The monoisotopic (exact) mass is 287 g/mol. The van der Waals surface area contributed by atoms with E-state index in [1.807, 2.05) is 0 Å². The molecular formula is C14H19ClFNO2. The topological polar surface area (TPSA) is 30.5 Å². The average Bonchev–Trinajstić information content (AvgIpc) is 2.93. The summed E-state index contributed by atoms with van der Waals surface area (Å²) in [4.78, 5) is 0. The molecule has 106 valence electrons. The van der Waals surface area contributed by atoms with Gasteiger partial charge in [-0.15, -0.1) is 0 Å².